The predicted octanol–water partition coefficient (Wildman–Crippen LogP) is 4.36. The first-order valence-electron chi connectivity index (χ1n) is 10.2. The highest BCUT2D eigenvalue weighted by Gasteiger charge is 2.47. The summed E-state index contributed by atoms with van der Waals surface area (Å²) < 4.78 is 0. The minimum Gasteiger partial charge on any atom is -0.343 e. The molecule has 31 heavy (non-hydrogen) atoms. The molecule has 0 bridgehead atoms. The molecule has 2 aliphatic heterocycles. The summed E-state index contributed by atoms with van der Waals surface area (Å²) in [7, 11) is 0. The highest BCUT2D eigenvalue weighted by molar-refractivity contribution is 6.35. The molecule has 6 nitrogen and oxygen atoms in total. The summed E-state index contributed by atoms with van der Waals surface area (Å²) in [5.74, 6) is -0.286. The molecule has 0 saturated carbocycles. The molecular formula is C23H23Cl2N3O3. The van der Waals surface area contributed by atoms with E-state index in [0.29, 0.717) is 53.8 Å². The van der Waals surface area contributed by atoms with Crippen LogP contribution in [0.5, 0.6) is 0 Å². The maximum absolute atomic E-state index is 13.2. The predicted molar refractivity (Wildman–Crippen MR) is 120 cm³/mol. The molecule has 2 aromatic rings. The number of anilines is 1. The lowest BCUT2D eigenvalue weighted by molar-refractivity contribution is -0.131. The van der Waals surface area contributed by atoms with Crippen LogP contribution in [0.4, 0.5) is 5.69 Å². The first-order valence-corrected chi connectivity index (χ1v) is 10.9. The number of carbonyl (C=O) groups is 3. The monoisotopic (exact) mass is 459 g/mol. The largest absolute Gasteiger partial charge is 0.343 e. The topological polar surface area (TPSA) is 69.7 Å². The van der Waals surface area contributed by atoms with Crippen molar-refractivity contribution in [3.63, 3.8) is 0 Å². The van der Waals surface area contributed by atoms with Crippen LogP contribution in [0.15, 0.2) is 42.5 Å². The number of carbonyl (C=O) groups excluding carboxylic acids is 3. The van der Waals surface area contributed by atoms with E-state index >= 15 is 0 Å². The third-order valence-electron chi connectivity index (χ3n) is 6.17. The number of benzene rings is 2. The smallest absolute Gasteiger partial charge is 0.254 e. The van der Waals surface area contributed by atoms with E-state index in [4.69, 9.17) is 23.2 Å². The van der Waals surface area contributed by atoms with Gasteiger partial charge in [0.15, 0.2) is 0 Å². The zero-order chi connectivity index (χ0) is 22.2. The summed E-state index contributed by atoms with van der Waals surface area (Å²) in [6.45, 7) is 3.02. The van der Waals surface area contributed by atoms with Crippen LogP contribution in [-0.4, -0.2) is 46.1 Å². The molecule has 1 fully saturated rings. The van der Waals surface area contributed by atoms with Crippen LogP contribution in [0.3, 0.4) is 0 Å². The Hall–Kier alpha value is -2.57. The quantitative estimate of drug-likeness (QED) is 0.737. The van der Waals surface area contributed by atoms with Crippen molar-refractivity contribution in [2.24, 2.45) is 0 Å². The van der Waals surface area contributed by atoms with Crippen LogP contribution >= 0.6 is 23.2 Å². The molecule has 162 valence electrons. The molecule has 0 aliphatic carbocycles. The Morgan fingerprint density at radius 2 is 1.71 bits per heavy atom. The van der Waals surface area contributed by atoms with Gasteiger partial charge in [-0.3, -0.25) is 14.4 Å². The SMILES string of the molecule is CC(=O)N1CCC(CC(=O)Nc2cc(Cl)cc(Cl)c2)(N2Cc3ccccc3C2=O)CC1. The number of fused-ring (bicyclic) bond motifs is 1. The van der Waals surface area contributed by atoms with Gasteiger partial charge in [0, 0.05) is 47.9 Å². The Labute approximate surface area is 191 Å². The Morgan fingerprint density at radius 1 is 1.06 bits per heavy atom. The number of piperidine rings is 1. The van der Waals surface area contributed by atoms with E-state index in [0.717, 1.165) is 5.56 Å². The lowest BCUT2D eigenvalue weighted by Gasteiger charge is -2.47. The first-order chi connectivity index (χ1) is 14.8. The first kappa shape index (κ1) is 21.7. The lowest BCUT2D eigenvalue weighted by atomic mass is 9.82. The van der Waals surface area contributed by atoms with Crippen molar-refractivity contribution in [3.8, 4) is 0 Å². The molecule has 0 radical (unpaired) electrons. The maximum atomic E-state index is 13.2. The molecule has 0 aromatic heterocycles. The molecule has 8 heteroatoms. The number of nitrogens with zero attached hydrogens (tertiary/aromatic N) is 2. The zero-order valence-electron chi connectivity index (χ0n) is 17.2. The fourth-order valence-corrected chi connectivity index (χ4v) is 5.07. The highest BCUT2D eigenvalue weighted by Crippen LogP contribution is 2.39. The van der Waals surface area contributed by atoms with Crippen molar-refractivity contribution in [2.75, 3.05) is 18.4 Å². The average Bonchev–Trinajstić information content (AvgIpc) is 3.05. The van der Waals surface area contributed by atoms with Crippen LogP contribution < -0.4 is 5.32 Å². The van der Waals surface area contributed by atoms with Crippen LogP contribution in [0.2, 0.25) is 10.0 Å². The summed E-state index contributed by atoms with van der Waals surface area (Å²) >= 11 is 12.1. The number of likely N-dealkylation sites (tertiary alicyclic amines) is 1. The van der Waals surface area contributed by atoms with Crippen molar-refractivity contribution in [3.05, 3.63) is 63.6 Å². The van der Waals surface area contributed by atoms with Gasteiger partial charge in [-0.25, -0.2) is 0 Å². The average molecular weight is 460 g/mol. The minimum absolute atomic E-state index is 0.00246. The molecule has 2 aliphatic rings. The normalized spacial score (nSPS) is 17.5. The van der Waals surface area contributed by atoms with E-state index in [9.17, 15) is 14.4 Å². The van der Waals surface area contributed by atoms with Gasteiger partial charge in [-0.15, -0.1) is 0 Å². The van der Waals surface area contributed by atoms with Gasteiger partial charge in [-0.2, -0.15) is 0 Å². The van der Waals surface area contributed by atoms with Gasteiger partial charge >= 0.3 is 0 Å². The molecule has 4 rings (SSSR count). The molecular weight excluding hydrogens is 437 g/mol. The number of hydrogen-bond acceptors (Lipinski definition) is 3. The number of rotatable bonds is 4. The second-order valence-electron chi connectivity index (χ2n) is 8.16. The van der Waals surface area contributed by atoms with E-state index in [1.807, 2.05) is 29.2 Å². The van der Waals surface area contributed by atoms with Crippen LogP contribution in [0, 0.1) is 0 Å². The van der Waals surface area contributed by atoms with Gasteiger partial charge < -0.3 is 15.1 Å². The number of amides is 3. The molecule has 0 spiro atoms. The van der Waals surface area contributed by atoms with Gasteiger partial charge in [0.2, 0.25) is 11.8 Å². The van der Waals surface area contributed by atoms with Crippen molar-refractivity contribution in [1.29, 1.82) is 0 Å². The second-order valence-corrected chi connectivity index (χ2v) is 9.03. The maximum Gasteiger partial charge on any atom is 0.254 e. The molecule has 0 atom stereocenters. The van der Waals surface area contributed by atoms with E-state index in [1.54, 1.807) is 30.0 Å². The van der Waals surface area contributed by atoms with Gasteiger partial charge in [-0.05, 0) is 42.7 Å². The van der Waals surface area contributed by atoms with Crippen LogP contribution in [-0.2, 0) is 16.1 Å². The van der Waals surface area contributed by atoms with E-state index in [-0.39, 0.29) is 24.1 Å². The standard InChI is InChI=1S/C23H23Cl2N3O3/c1-15(29)27-8-6-23(7-9-27,28-14-16-4-2-3-5-20(16)22(28)31)13-21(30)26-19-11-17(24)10-18(25)12-19/h2-5,10-12H,6-9,13-14H2,1H3,(H,26,30). The van der Waals surface area contributed by atoms with Crippen LogP contribution in [0.1, 0.15) is 42.1 Å². The molecule has 2 aromatic carbocycles. The third-order valence-corrected chi connectivity index (χ3v) is 6.61. The second kappa shape index (κ2) is 8.52. The van der Waals surface area contributed by atoms with Crippen LogP contribution in [0.25, 0.3) is 0 Å². The molecule has 3 amide bonds. The van der Waals surface area contributed by atoms with Crippen molar-refractivity contribution in [1.82, 2.24) is 9.80 Å². The Bertz CT molecular complexity index is 1030. The fraction of sp³-hybridized carbons (Fsp3) is 0.348. The van der Waals surface area contributed by atoms with Crippen molar-refractivity contribution >= 4 is 46.6 Å². The summed E-state index contributed by atoms with van der Waals surface area (Å²) in [5.41, 5.74) is 1.48. The van der Waals surface area contributed by atoms with E-state index in [1.165, 1.54) is 0 Å². The third kappa shape index (κ3) is 4.41. The Kier molecular flexibility index (Phi) is 5.95. The van der Waals surface area contributed by atoms with E-state index < -0.39 is 5.54 Å². The minimum atomic E-state index is -0.672. The molecule has 1 saturated heterocycles. The zero-order valence-corrected chi connectivity index (χ0v) is 18.7. The summed E-state index contributed by atoms with van der Waals surface area (Å²) in [4.78, 5) is 41.7. The Balaban J connectivity index is 1.58. The number of nitrogens with one attached hydrogen (secondary N) is 1. The van der Waals surface area contributed by atoms with Gasteiger partial charge in [0.05, 0.1) is 12.0 Å². The summed E-state index contributed by atoms with van der Waals surface area (Å²) in [6, 6.07) is 12.4. The van der Waals surface area contributed by atoms with Crippen molar-refractivity contribution in [2.45, 2.75) is 38.3 Å². The number of hydrogen-bond donors (Lipinski definition) is 1. The summed E-state index contributed by atoms with van der Waals surface area (Å²) in [5, 5.41) is 3.72. The van der Waals surface area contributed by atoms with Gasteiger partial charge in [0.25, 0.3) is 5.91 Å². The highest BCUT2D eigenvalue weighted by atomic mass is 35.5. The molecule has 0 unspecified atom stereocenters. The molecule has 2 heterocycles. The Morgan fingerprint density at radius 3 is 2.32 bits per heavy atom. The molecule has 1 N–H and O–H groups in total. The van der Waals surface area contributed by atoms with Crippen molar-refractivity contribution < 1.29 is 14.4 Å². The van der Waals surface area contributed by atoms with Gasteiger partial charge in [-0.1, -0.05) is 41.4 Å². The van der Waals surface area contributed by atoms with E-state index in [2.05, 4.69) is 5.32 Å². The lowest BCUT2D eigenvalue weighted by Crippen LogP contribution is -2.57. The number of halogens is 2. The van der Waals surface area contributed by atoms with Gasteiger partial charge in [0.1, 0.15) is 0 Å². The fourth-order valence-electron chi connectivity index (χ4n) is 4.55. The summed E-state index contributed by atoms with van der Waals surface area (Å²) in [6.07, 6.45) is 1.20.